The Labute approximate surface area is 141 Å². The number of hydrogen-bond donors (Lipinski definition) is 1. The zero-order chi connectivity index (χ0) is 15.0. The van der Waals surface area contributed by atoms with Gasteiger partial charge >= 0.3 is 0 Å². The SMILES string of the molecule is NC(=S)c1ccc2c(ccn2Cc2ccc(Br)cc2Cl)c1. The third kappa shape index (κ3) is 2.98. The summed E-state index contributed by atoms with van der Waals surface area (Å²) < 4.78 is 3.14. The third-order valence-corrected chi connectivity index (χ3v) is 4.49. The Morgan fingerprint density at radius 1 is 1.19 bits per heavy atom. The first-order chi connectivity index (χ1) is 10.0. The Bertz CT molecular complexity index is 841. The molecule has 0 aliphatic carbocycles. The molecule has 0 atom stereocenters. The zero-order valence-electron chi connectivity index (χ0n) is 11.0. The highest BCUT2D eigenvalue weighted by molar-refractivity contribution is 9.10. The monoisotopic (exact) mass is 378 g/mol. The maximum Gasteiger partial charge on any atom is 0.104 e. The van der Waals surface area contributed by atoms with E-state index in [0.29, 0.717) is 4.99 Å². The van der Waals surface area contributed by atoms with Crippen LogP contribution in [0.3, 0.4) is 0 Å². The summed E-state index contributed by atoms with van der Waals surface area (Å²) in [5.41, 5.74) is 8.77. The van der Waals surface area contributed by atoms with Gasteiger partial charge in [-0.05, 0) is 42.0 Å². The van der Waals surface area contributed by atoms with Crippen LogP contribution < -0.4 is 5.73 Å². The molecule has 0 bridgehead atoms. The van der Waals surface area contributed by atoms with Gasteiger partial charge in [0.2, 0.25) is 0 Å². The van der Waals surface area contributed by atoms with Gasteiger partial charge in [-0.25, -0.2) is 0 Å². The molecule has 2 aromatic carbocycles. The molecule has 0 unspecified atom stereocenters. The van der Waals surface area contributed by atoms with Crippen LogP contribution in [0.25, 0.3) is 10.9 Å². The van der Waals surface area contributed by atoms with Crippen LogP contribution in [0.2, 0.25) is 5.02 Å². The maximum atomic E-state index is 6.29. The second-order valence-corrected chi connectivity index (χ2v) is 6.58. The van der Waals surface area contributed by atoms with Crippen molar-refractivity contribution >= 4 is 55.6 Å². The Balaban J connectivity index is 1.99. The van der Waals surface area contributed by atoms with Gasteiger partial charge in [0.15, 0.2) is 0 Å². The second kappa shape index (κ2) is 5.79. The lowest BCUT2D eigenvalue weighted by Crippen LogP contribution is -2.08. The lowest BCUT2D eigenvalue weighted by molar-refractivity contribution is 0.837. The van der Waals surface area contributed by atoms with E-state index in [4.69, 9.17) is 29.6 Å². The summed E-state index contributed by atoms with van der Waals surface area (Å²) in [6.45, 7) is 0.724. The number of nitrogens with zero attached hydrogens (tertiary/aromatic N) is 1. The summed E-state index contributed by atoms with van der Waals surface area (Å²) in [4.78, 5) is 0.417. The molecule has 2 N–H and O–H groups in total. The highest BCUT2D eigenvalue weighted by Crippen LogP contribution is 2.24. The van der Waals surface area contributed by atoms with Crippen LogP contribution >= 0.6 is 39.7 Å². The van der Waals surface area contributed by atoms with Crippen LogP contribution in [0.5, 0.6) is 0 Å². The lowest BCUT2D eigenvalue weighted by atomic mass is 10.1. The Kier molecular flexibility index (Phi) is 4.02. The molecule has 1 aromatic heterocycles. The third-order valence-electron chi connectivity index (χ3n) is 3.41. The van der Waals surface area contributed by atoms with E-state index in [2.05, 4.69) is 26.6 Å². The molecule has 3 aromatic rings. The highest BCUT2D eigenvalue weighted by atomic mass is 79.9. The van der Waals surface area contributed by atoms with Gasteiger partial charge in [-0.15, -0.1) is 0 Å². The highest BCUT2D eigenvalue weighted by Gasteiger charge is 2.07. The summed E-state index contributed by atoms with van der Waals surface area (Å²) in [5, 5.41) is 1.87. The van der Waals surface area contributed by atoms with Crippen molar-refractivity contribution in [3.63, 3.8) is 0 Å². The van der Waals surface area contributed by atoms with Crippen molar-refractivity contribution < 1.29 is 0 Å². The second-order valence-electron chi connectivity index (χ2n) is 4.82. The smallest absolute Gasteiger partial charge is 0.104 e. The van der Waals surface area contributed by atoms with Gasteiger partial charge < -0.3 is 10.3 Å². The van der Waals surface area contributed by atoms with Gasteiger partial charge in [0, 0.05) is 38.7 Å². The molecule has 2 nitrogen and oxygen atoms in total. The zero-order valence-corrected chi connectivity index (χ0v) is 14.2. The van der Waals surface area contributed by atoms with Crippen molar-refractivity contribution in [1.82, 2.24) is 4.57 Å². The topological polar surface area (TPSA) is 30.9 Å². The molecule has 0 aliphatic heterocycles. The fourth-order valence-corrected chi connectivity index (χ4v) is 3.18. The molecule has 3 rings (SSSR count). The molecule has 0 aliphatic rings. The minimum absolute atomic E-state index is 0.417. The average Bonchev–Trinajstić information content (AvgIpc) is 2.84. The summed E-state index contributed by atoms with van der Waals surface area (Å²) in [6.07, 6.45) is 2.05. The van der Waals surface area contributed by atoms with E-state index in [0.717, 1.165) is 38.1 Å². The number of hydrogen-bond acceptors (Lipinski definition) is 1. The van der Waals surface area contributed by atoms with Gasteiger partial charge in [-0.3, -0.25) is 0 Å². The summed E-state index contributed by atoms with van der Waals surface area (Å²) in [6, 6.07) is 14.0. The molecule has 5 heteroatoms. The molecular weight excluding hydrogens is 368 g/mol. The van der Waals surface area contributed by atoms with E-state index >= 15 is 0 Å². The average molecular weight is 380 g/mol. The molecule has 0 amide bonds. The van der Waals surface area contributed by atoms with E-state index in [1.807, 2.05) is 42.6 Å². The van der Waals surface area contributed by atoms with Crippen molar-refractivity contribution in [2.24, 2.45) is 5.73 Å². The van der Waals surface area contributed by atoms with E-state index in [9.17, 15) is 0 Å². The fraction of sp³-hybridized carbons (Fsp3) is 0.0625. The van der Waals surface area contributed by atoms with E-state index in [1.165, 1.54) is 0 Å². The molecule has 21 heavy (non-hydrogen) atoms. The van der Waals surface area contributed by atoms with E-state index in [-0.39, 0.29) is 0 Å². The van der Waals surface area contributed by atoms with Crippen molar-refractivity contribution in [1.29, 1.82) is 0 Å². The van der Waals surface area contributed by atoms with Crippen LogP contribution in [0.4, 0.5) is 0 Å². The molecule has 0 saturated heterocycles. The van der Waals surface area contributed by atoms with Gasteiger partial charge in [-0.2, -0.15) is 0 Å². The number of rotatable bonds is 3. The van der Waals surface area contributed by atoms with Crippen LogP contribution in [0.15, 0.2) is 53.1 Å². The van der Waals surface area contributed by atoms with E-state index in [1.54, 1.807) is 0 Å². The Morgan fingerprint density at radius 3 is 2.71 bits per heavy atom. The standard InChI is InChI=1S/C16H12BrClN2S/c17-13-3-1-12(14(18)8-13)9-20-6-5-10-7-11(16(19)21)2-4-15(10)20/h1-8H,9H2,(H2,19,21). The first-order valence-corrected chi connectivity index (χ1v) is 7.95. The molecule has 0 spiro atoms. The number of aromatic nitrogens is 1. The molecule has 0 saturated carbocycles. The van der Waals surface area contributed by atoms with Crippen LogP contribution in [-0.4, -0.2) is 9.56 Å². The van der Waals surface area contributed by atoms with Crippen molar-refractivity contribution in [2.75, 3.05) is 0 Å². The Morgan fingerprint density at radius 2 is 2.00 bits per heavy atom. The minimum Gasteiger partial charge on any atom is -0.389 e. The van der Waals surface area contributed by atoms with Gasteiger partial charge in [-0.1, -0.05) is 45.8 Å². The summed E-state index contributed by atoms with van der Waals surface area (Å²) in [5.74, 6) is 0. The largest absolute Gasteiger partial charge is 0.389 e. The first kappa shape index (κ1) is 14.6. The van der Waals surface area contributed by atoms with Crippen molar-refractivity contribution in [3.05, 3.63) is 69.3 Å². The molecule has 106 valence electrons. The van der Waals surface area contributed by atoms with Gasteiger partial charge in [0.25, 0.3) is 0 Å². The van der Waals surface area contributed by atoms with Gasteiger partial charge in [0.05, 0.1) is 0 Å². The summed E-state index contributed by atoms with van der Waals surface area (Å²) in [7, 11) is 0. The number of benzene rings is 2. The fourth-order valence-electron chi connectivity index (χ4n) is 2.32. The minimum atomic E-state index is 0.417. The number of fused-ring (bicyclic) bond motifs is 1. The number of halogens is 2. The van der Waals surface area contributed by atoms with Crippen molar-refractivity contribution in [3.8, 4) is 0 Å². The maximum absolute atomic E-state index is 6.29. The molecular formula is C16H12BrClN2S. The predicted octanol–water partition coefficient (Wildman–Crippen LogP) is 4.74. The predicted molar refractivity (Wildman–Crippen MR) is 96.1 cm³/mol. The normalized spacial score (nSPS) is 11.0. The summed E-state index contributed by atoms with van der Waals surface area (Å²) >= 11 is 14.7. The number of thiocarbonyl (C=S) groups is 1. The molecule has 1 heterocycles. The van der Waals surface area contributed by atoms with Crippen LogP contribution in [0.1, 0.15) is 11.1 Å². The quantitative estimate of drug-likeness (QED) is 0.666. The van der Waals surface area contributed by atoms with E-state index < -0.39 is 0 Å². The van der Waals surface area contributed by atoms with Gasteiger partial charge in [0.1, 0.15) is 4.99 Å². The first-order valence-electron chi connectivity index (χ1n) is 6.37. The number of nitrogens with two attached hydrogens (primary N) is 1. The van der Waals surface area contributed by atoms with Crippen molar-refractivity contribution in [2.45, 2.75) is 6.54 Å². The Hall–Kier alpha value is -1.36. The molecule has 0 fully saturated rings. The van der Waals surface area contributed by atoms with Crippen LogP contribution in [-0.2, 0) is 6.54 Å². The molecule has 0 radical (unpaired) electrons. The van der Waals surface area contributed by atoms with Crippen LogP contribution in [0, 0.1) is 0 Å². The lowest BCUT2D eigenvalue weighted by Gasteiger charge is -2.08.